The zero-order valence-electron chi connectivity index (χ0n) is 17.3. The highest BCUT2D eigenvalue weighted by Gasteiger charge is 2.39. The standard InChI is InChI=1S/C23H26N4O3/c1-26(23(16-24)13-6-3-7-14-23)20(28)15-30-22(29)21-18-11-8-12-19(18)27(25-21)17-9-4-2-5-10-17/h2,4-5,9-10H,3,6-8,11-15H2,1H3. The molecular weight excluding hydrogens is 380 g/mol. The molecule has 0 bridgehead atoms. The molecule has 4 rings (SSSR count). The average molecular weight is 406 g/mol. The van der Waals surface area contributed by atoms with E-state index in [1.54, 1.807) is 11.7 Å². The fourth-order valence-electron chi connectivity index (χ4n) is 4.57. The van der Waals surface area contributed by atoms with Gasteiger partial charge in [-0.2, -0.15) is 10.4 Å². The monoisotopic (exact) mass is 406 g/mol. The maximum atomic E-state index is 12.8. The highest BCUT2D eigenvalue weighted by atomic mass is 16.5. The van der Waals surface area contributed by atoms with Crippen molar-refractivity contribution in [1.29, 1.82) is 5.26 Å². The Labute approximate surface area is 176 Å². The molecule has 1 aromatic carbocycles. The van der Waals surface area contributed by atoms with E-state index in [0.29, 0.717) is 12.8 Å². The van der Waals surface area contributed by atoms with Gasteiger partial charge in [0.2, 0.25) is 0 Å². The summed E-state index contributed by atoms with van der Waals surface area (Å²) in [6.45, 7) is -0.383. The van der Waals surface area contributed by atoms with Gasteiger partial charge in [-0.3, -0.25) is 4.79 Å². The van der Waals surface area contributed by atoms with E-state index in [2.05, 4.69) is 11.2 Å². The molecular formula is C23H26N4O3. The van der Waals surface area contributed by atoms with Crippen LogP contribution in [0.3, 0.4) is 0 Å². The van der Waals surface area contributed by atoms with E-state index >= 15 is 0 Å². The van der Waals surface area contributed by atoms with Crippen LogP contribution >= 0.6 is 0 Å². The second-order valence-electron chi connectivity index (χ2n) is 8.11. The van der Waals surface area contributed by atoms with E-state index in [-0.39, 0.29) is 18.2 Å². The van der Waals surface area contributed by atoms with Crippen LogP contribution in [0.25, 0.3) is 5.69 Å². The molecule has 0 saturated heterocycles. The lowest BCUT2D eigenvalue weighted by Crippen LogP contribution is -2.51. The maximum absolute atomic E-state index is 12.8. The summed E-state index contributed by atoms with van der Waals surface area (Å²) in [5, 5.41) is 14.2. The normalized spacial score (nSPS) is 17.1. The van der Waals surface area contributed by atoms with Crippen LogP contribution in [0.15, 0.2) is 30.3 Å². The van der Waals surface area contributed by atoms with Crippen molar-refractivity contribution < 1.29 is 14.3 Å². The Morgan fingerprint density at radius 1 is 1.17 bits per heavy atom. The zero-order valence-corrected chi connectivity index (χ0v) is 17.3. The van der Waals surface area contributed by atoms with E-state index in [9.17, 15) is 14.9 Å². The van der Waals surface area contributed by atoms with Crippen LogP contribution in [0.2, 0.25) is 0 Å². The minimum atomic E-state index is -0.794. The number of rotatable bonds is 5. The molecule has 7 heteroatoms. The quantitative estimate of drug-likeness (QED) is 0.712. The number of esters is 1. The molecule has 0 spiro atoms. The van der Waals surface area contributed by atoms with Crippen LogP contribution in [-0.4, -0.2) is 45.8 Å². The van der Waals surface area contributed by atoms with Crippen molar-refractivity contribution in [3.8, 4) is 11.8 Å². The van der Waals surface area contributed by atoms with Gasteiger partial charge in [0, 0.05) is 18.3 Å². The lowest BCUT2D eigenvalue weighted by atomic mass is 9.81. The molecule has 30 heavy (non-hydrogen) atoms. The maximum Gasteiger partial charge on any atom is 0.359 e. The number of hydrogen-bond donors (Lipinski definition) is 0. The summed E-state index contributed by atoms with van der Waals surface area (Å²) in [4.78, 5) is 26.9. The molecule has 7 nitrogen and oxygen atoms in total. The van der Waals surface area contributed by atoms with Gasteiger partial charge < -0.3 is 9.64 Å². The first-order chi connectivity index (χ1) is 14.6. The highest BCUT2D eigenvalue weighted by molar-refractivity contribution is 5.91. The summed E-state index contributed by atoms with van der Waals surface area (Å²) >= 11 is 0. The topological polar surface area (TPSA) is 88.2 Å². The lowest BCUT2D eigenvalue weighted by molar-refractivity contribution is -0.138. The van der Waals surface area contributed by atoms with Crippen molar-refractivity contribution >= 4 is 11.9 Å². The fourth-order valence-corrected chi connectivity index (χ4v) is 4.57. The Bertz CT molecular complexity index is 984. The van der Waals surface area contributed by atoms with Gasteiger partial charge in [-0.25, -0.2) is 9.48 Å². The lowest BCUT2D eigenvalue weighted by Gasteiger charge is -2.38. The number of nitriles is 1. The third-order valence-electron chi connectivity index (χ3n) is 6.36. The van der Waals surface area contributed by atoms with Gasteiger partial charge in [0.25, 0.3) is 5.91 Å². The Kier molecular flexibility index (Phi) is 5.58. The molecule has 156 valence electrons. The molecule has 1 saturated carbocycles. The van der Waals surface area contributed by atoms with E-state index in [1.165, 1.54) is 4.90 Å². The molecule has 1 amide bonds. The number of carbonyl (C=O) groups is 2. The van der Waals surface area contributed by atoms with Crippen LogP contribution in [-0.2, 0) is 22.4 Å². The summed E-state index contributed by atoms with van der Waals surface area (Å²) < 4.78 is 7.16. The van der Waals surface area contributed by atoms with E-state index in [1.807, 2.05) is 30.3 Å². The molecule has 2 aliphatic rings. The van der Waals surface area contributed by atoms with Crippen LogP contribution in [0.4, 0.5) is 0 Å². The first-order valence-electron chi connectivity index (χ1n) is 10.6. The van der Waals surface area contributed by atoms with Crippen molar-refractivity contribution in [1.82, 2.24) is 14.7 Å². The van der Waals surface area contributed by atoms with E-state index < -0.39 is 11.5 Å². The molecule has 0 unspecified atom stereocenters. The molecule has 0 atom stereocenters. The van der Waals surface area contributed by atoms with Crippen molar-refractivity contribution in [3.05, 3.63) is 47.3 Å². The summed E-state index contributed by atoms with van der Waals surface area (Å²) in [6, 6.07) is 12.0. The van der Waals surface area contributed by atoms with Gasteiger partial charge in [0.05, 0.1) is 11.8 Å². The highest BCUT2D eigenvalue weighted by Crippen LogP contribution is 2.32. The molecule has 2 aromatic rings. The van der Waals surface area contributed by atoms with Crippen LogP contribution in [0.1, 0.15) is 60.3 Å². The zero-order chi connectivity index (χ0) is 21.1. The van der Waals surface area contributed by atoms with E-state index in [0.717, 1.165) is 55.5 Å². The molecule has 2 aliphatic carbocycles. The van der Waals surface area contributed by atoms with Gasteiger partial charge in [0.15, 0.2) is 12.3 Å². The Morgan fingerprint density at radius 3 is 2.60 bits per heavy atom. The predicted molar refractivity (Wildman–Crippen MR) is 110 cm³/mol. The summed E-state index contributed by atoms with van der Waals surface area (Å²) in [5.74, 6) is -0.940. The predicted octanol–water partition coefficient (Wildman–Crippen LogP) is 3.20. The largest absolute Gasteiger partial charge is 0.451 e. The number of nitrogens with zero attached hydrogens (tertiary/aromatic N) is 4. The van der Waals surface area contributed by atoms with Crippen LogP contribution < -0.4 is 0 Å². The van der Waals surface area contributed by atoms with Crippen molar-refractivity contribution in [2.24, 2.45) is 0 Å². The van der Waals surface area contributed by atoms with Crippen LogP contribution in [0, 0.1) is 11.3 Å². The number of carbonyl (C=O) groups excluding carboxylic acids is 2. The third-order valence-corrected chi connectivity index (χ3v) is 6.36. The molecule has 0 radical (unpaired) electrons. The van der Waals surface area contributed by atoms with Gasteiger partial charge >= 0.3 is 5.97 Å². The number of para-hydroxylation sites is 1. The third kappa shape index (κ3) is 3.58. The second kappa shape index (κ2) is 8.31. The number of aromatic nitrogens is 2. The SMILES string of the molecule is CN(C(=O)COC(=O)c1nn(-c2ccccc2)c2c1CCC2)C1(C#N)CCCCC1. The van der Waals surface area contributed by atoms with Gasteiger partial charge in [-0.05, 0) is 44.2 Å². The van der Waals surface area contributed by atoms with Crippen molar-refractivity contribution in [2.45, 2.75) is 56.9 Å². The molecule has 1 heterocycles. The smallest absolute Gasteiger partial charge is 0.359 e. The van der Waals surface area contributed by atoms with Gasteiger partial charge in [-0.1, -0.05) is 37.5 Å². The van der Waals surface area contributed by atoms with Crippen molar-refractivity contribution in [3.63, 3.8) is 0 Å². The summed E-state index contributed by atoms with van der Waals surface area (Å²) in [5.41, 5.74) is 2.33. The minimum Gasteiger partial charge on any atom is -0.451 e. The van der Waals surface area contributed by atoms with Gasteiger partial charge in [0.1, 0.15) is 5.54 Å². The molecule has 1 fully saturated rings. The Morgan fingerprint density at radius 2 is 1.90 bits per heavy atom. The number of amides is 1. The average Bonchev–Trinajstić information content (AvgIpc) is 3.40. The first kappa shape index (κ1) is 20.1. The number of likely N-dealkylation sites (N-methyl/N-ethyl adjacent to an activating group) is 1. The second-order valence-corrected chi connectivity index (χ2v) is 8.11. The molecule has 0 aliphatic heterocycles. The molecule has 0 N–H and O–H groups in total. The fraction of sp³-hybridized carbons (Fsp3) is 0.478. The molecule has 1 aromatic heterocycles. The number of ether oxygens (including phenoxy) is 1. The van der Waals surface area contributed by atoms with Crippen molar-refractivity contribution in [2.75, 3.05) is 13.7 Å². The first-order valence-corrected chi connectivity index (χ1v) is 10.6. The number of benzene rings is 1. The summed E-state index contributed by atoms with van der Waals surface area (Å²) in [7, 11) is 1.63. The number of hydrogen-bond acceptors (Lipinski definition) is 5. The van der Waals surface area contributed by atoms with Gasteiger partial charge in [-0.15, -0.1) is 0 Å². The van der Waals surface area contributed by atoms with Crippen LogP contribution in [0.5, 0.6) is 0 Å². The summed E-state index contributed by atoms with van der Waals surface area (Å²) in [6.07, 6.45) is 6.85. The Balaban J connectivity index is 1.47. The van der Waals surface area contributed by atoms with E-state index in [4.69, 9.17) is 4.74 Å². The Hall–Kier alpha value is -3.14. The number of fused-ring (bicyclic) bond motifs is 1. The minimum absolute atomic E-state index is 0.287.